The molecule has 9 nitrogen and oxygen atoms in total. The number of halogens is 4. The molecule has 0 atom stereocenters. The summed E-state index contributed by atoms with van der Waals surface area (Å²) in [5, 5.41) is 14.1. The average molecular weight is 522 g/mol. The zero-order valence-corrected chi connectivity index (χ0v) is 18.6. The second-order valence-corrected chi connectivity index (χ2v) is 9.08. The van der Waals surface area contributed by atoms with Crippen molar-refractivity contribution in [2.75, 3.05) is 10.0 Å². The summed E-state index contributed by atoms with van der Waals surface area (Å²) in [6.45, 7) is 0. The Labute approximate surface area is 200 Å². The van der Waals surface area contributed by atoms with Crippen LogP contribution in [0.25, 0.3) is 10.9 Å². The van der Waals surface area contributed by atoms with Crippen molar-refractivity contribution in [2.45, 2.75) is 11.1 Å². The fraction of sp³-hybridized carbons (Fsp3) is 0.0455. The number of aromatic nitrogens is 1. The molecule has 1 aromatic heterocycles. The fourth-order valence-electron chi connectivity index (χ4n) is 3.40. The van der Waals surface area contributed by atoms with Crippen LogP contribution in [-0.4, -0.2) is 24.2 Å². The van der Waals surface area contributed by atoms with Gasteiger partial charge in [0.1, 0.15) is 11.5 Å². The highest BCUT2D eigenvalue weighted by Gasteiger charge is 2.36. The zero-order valence-electron chi connectivity index (χ0n) is 17.8. The van der Waals surface area contributed by atoms with Crippen LogP contribution in [0.15, 0.2) is 71.6 Å². The number of sulfonamides is 1. The first-order valence-electron chi connectivity index (χ1n) is 9.93. The molecule has 1 amide bonds. The number of carbonyl (C=O) groups is 1. The first-order valence-corrected chi connectivity index (χ1v) is 11.4. The number of nitrogens with zero attached hydrogens (tertiary/aromatic N) is 1. The lowest BCUT2D eigenvalue weighted by Crippen LogP contribution is -2.19. The molecule has 0 spiro atoms. The van der Waals surface area contributed by atoms with Gasteiger partial charge in [-0.2, -0.15) is 13.2 Å². The first kappa shape index (κ1) is 24.7. The number of aromatic amines is 1. The number of benzene rings is 3. The summed E-state index contributed by atoms with van der Waals surface area (Å²) in [5.74, 6) is -1.39. The monoisotopic (exact) mass is 522 g/mol. The predicted octanol–water partition coefficient (Wildman–Crippen LogP) is 5.29. The number of amides is 1. The summed E-state index contributed by atoms with van der Waals surface area (Å²) in [6.07, 6.45) is -4.94. The van der Waals surface area contributed by atoms with Crippen molar-refractivity contribution in [1.82, 2.24) is 4.98 Å². The van der Waals surface area contributed by atoms with E-state index >= 15 is 0 Å². The van der Waals surface area contributed by atoms with Crippen LogP contribution < -0.4 is 10.0 Å². The minimum absolute atomic E-state index is 0.117. The van der Waals surface area contributed by atoms with Crippen molar-refractivity contribution in [3.05, 3.63) is 93.9 Å². The van der Waals surface area contributed by atoms with Gasteiger partial charge in [0.25, 0.3) is 21.6 Å². The predicted molar refractivity (Wildman–Crippen MR) is 122 cm³/mol. The van der Waals surface area contributed by atoms with E-state index in [2.05, 4.69) is 15.0 Å². The SMILES string of the molecule is O=C(Nc1ccc(F)cc1)c1[nH]c2ccccc2c1NS(=O)(=O)c1ccc(C(F)(F)F)cc1[N+](=O)[O-]. The second-order valence-electron chi connectivity index (χ2n) is 7.42. The molecule has 0 bridgehead atoms. The number of nitro benzene ring substituents is 1. The summed E-state index contributed by atoms with van der Waals surface area (Å²) in [7, 11) is -4.86. The molecule has 0 aliphatic carbocycles. The molecule has 186 valence electrons. The second kappa shape index (κ2) is 8.96. The van der Waals surface area contributed by atoms with E-state index in [0.717, 1.165) is 12.1 Å². The number of fused-ring (bicyclic) bond motifs is 1. The fourth-order valence-corrected chi connectivity index (χ4v) is 4.64. The number of carbonyl (C=O) groups excluding carboxylic acids is 1. The third-order valence-electron chi connectivity index (χ3n) is 5.04. The summed E-state index contributed by atoms with van der Waals surface area (Å²) in [5.41, 5.74) is -2.78. The highest BCUT2D eigenvalue weighted by Crippen LogP contribution is 2.36. The van der Waals surface area contributed by atoms with Crippen LogP contribution in [0, 0.1) is 15.9 Å². The van der Waals surface area contributed by atoms with Gasteiger partial charge in [0.05, 0.1) is 16.2 Å². The van der Waals surface area contributed by atoms with Gasteiger partial charge in [0.2, 0.25) is 0 Å². The molecule has 0 saturated carbocycles. The van der Waals surface area contributed by atoms with Gasteiger partial charge in [-0.25, -0.2) is 12.8 Å². The Hall–Kier alpha value is -4.46. The van der Waals surface area contributed by atoms with Crippen LogP contribution in [0.5, 0.6) is 0 Å². The van der Waals surface area contributed by atoms with Gasteiger partial charge in [-0.15, -0.1) is 0 Å². The number of para-hydroxylation sites is 1. The molecule has 4 aromatic rings. The Morgan fingerprint density at radius 1 is 1.00 bits per heavy atom. The van der Waals surface area contributed by atoms with E-state index in [9.17, 15) is 40.9 Å². The Kier molecular flexibility index (Phi) is 6.14. The van der Waals surface area contributed by atoms with Crippen LogP contribution in [0.3, 0.4) is 0 Å². The lowest BCUT2D eigenvalue weighted by molar-refractivity contribution is -0.388. The molecule has 3 N–H and O–H groups in total. The topological polar surface area (TPSA) is 134 Å². The van der Waals surface area contributed by atoms with Crippen LogP contribution >= 0.6 is 0 Å². The Bertz CT molecular complexity index is 1600. The lowest BCUT2D eigenvalue weighted by Gasteiger charge is -2.12. The number of rotatable bonds is 6. The standard InChI is InChI=1S/C22H14F4N4O5S/c23-13-6-8-14(9-7-13)27-21(31)20-19(15-3-1-2-4-16(15)28-20)29-36(34,35)18-10-5-12(22(24,25)26)11-17(18)30(32)33/h1-11,28-29H,(H,27,31). The summed E-state index contributed by atoms with van der Waals surface area (Å²) in [4.78, 5) is 24.8. The Balaban J connectivity index is 1.79. The smallest absolute Gasteiger partial charge is 0.349 e. The number of alkyl halides is 3. The molecule has 0 aliphatic heterocycles. The van der Waals surface area contributed by atoms with E-state index in [1.165, 1.54) is 30.3 Å². The zero-order chi connectivity index (χ0) is 26.3. The number of nitrogens with one attached hydrogen (secondary N) is 3. The highest BCUT2D eigenvalue weighted by atomic mass is 32.2. The van der Waals surface area contributed by atoms with Crippen molar-refractivity contribution in [3.8, 4) is 0 Å². The largest absolute Gasteiger partial charge is 0.416 e. The molecule has 14 heteroatoms. The number of H-pyrrole nitrogens is 1. The minimum Gasteiger partial charge on any atom is -0.349 e. The molecule has 0 aliphatic rings. The summed E-state index contributed by atoms with van der Waals surface area (Å²) < 4.78 is 80.6. The molecular formula is C22H14F4N4O5S. The van der Waals surface area contributed by atoms with E-state index in [-0.39, 0.29) is 28.5 Å². The van der Waals surface area contributed by atoms with Gasteiger partial charge in [0, 0.05) is 22.7 Å². The van der Waals surface area contributed by atoms with Gasteiger partial charge in [-0.3, -0.25) is 19.6 Å². The van der Waals surface area contributed by atoms with Crippen LogP contribution in [0.4, 0.5) is 34.6 Å². The quantitative estimate of drug-likeness (QED) is 0.180. The number of hydrogen-bond acceptors (Lipinski definition) is 5. The first-order chi connectivity index (χ1) is 16.9. The molecule has 1 heterocycles. The lowest BCUT2D eigenvalue weighted by atomic mass is 10.2. The van der Waals surface area contributed by atoms with Crippen molar-refractivity contribution in [3.63, 3.8) is 0 Å². The van der Waals surface area contributed by atoms with Gasteiger partial charge in [-0.05, 0) is 42.5 Å². The van der Waals surface area contributed by atoms with E-state index in [1.807, 2.05) is 0 Å². The van der Waals surface area contributed by atoms with Crippen molar-refractivity contribution in [2.24, 2.45) is 0 Å². The van der Waals surface area contributed by atoms with Gasteiger partial charge >= 0.3 is 6.18 Å². The average Bonchev–Trinajstić information content (AvgIpc) is 3.17. The van der Waals surface area contributed by atoms with Crippen molar-refractivity contribution >= 4 is 43.9 Å². The van der Waals surface area contributed by atoms with E-state index in [1.54, 1.807) is 6.07 Å². The van der Waals surface area contributed by atoms with Crippen LogP contribution in [0.2, 0.25) is 0 Å². The normalized spacial score (nSPS) is 11.9. The summed E-state index contributed by atoms with van der Waals surface area (Å²) in [6, 6.07) is 11.8. The molecule has 0 fully saturated rings. The Morgan fingerprint density at radius 2 is 1.67 bits per heavy atom. The van der Waals surface area contributed by atoms with Crippen LogP contribution in [-0.2, 0) is 16.2 Å². The molecular weight excluding hydrogens is 508 g/mol. The molecule has 3 aromatic carbocycles. The van der Waals surface area contributed by atoms with E-state index < -0.39 is 49.0 Å². The van der Waals surface area contributed by atoms with Crippen molar-refractivity contribution < 1.29 is 35.7 Å². The van der Waals surface area contributed by atoms with E-state index in [4.69, 9.17) is 0 Å². The molecule has 0 unspecified atom stereocenters. The number of anilines is 2. The molecule has 36 heavy (non-hydrogen) atoms. The summed E-state index contributed by atoms with van der Waals surface area (Å²) >= 11 is 0. The third-order valence-corrected chi connectivity index (χ3v) is 6.44. The molecule has 4 rings (SSSR count). The maximum absolute atomic E-state index is 13.2. The van der Waals surface area contributed by atoms with Gasteiger partial charge < -0.3 is 10.3 Å². The maximum atomic E-state index is 13.2. The Morgan fingerprint density at radius 3 is 2.31 bits per heavy atom. The molecule has 0 radical (unpaired) electrons. The highest BCUT2D eigenvalue weighted by molar-refractivity contribution is 7.93. The maximum Gasteiger partial charge on any atom is 0.416 e. The molecule has 0 saturated heterocycles. The third kappa shape index (κ3) is 4.84. The number of nitro groups is 1. The van der Waals surface area contributed by atoms with Gasteiger partial charge in [-0.1, -0.05) is 18.2 Å². The number of hydrogen-bond donors (Lipinski definition) is 3. The minimum atomic E-state index is -4.94. The van der Waals surface area contributed by atoms with E-state index in [0.29, 0.717) is 17.6 Å². The van der Waals surface area contributed by atoms with Crippen molar-refractivity contribution in [1.29, 1.82) is 0 Å². The van der Waals surface area contributed by atoms with Crippen LogP contribution in [0.1, 0.15) is 16.1 Å². The van der Waals surface area contributed by atoms with Gasteiger partial charge in [0.15, 0.2) is 4.90 Å².